The van der Waals surface area contributed by atoms with E-state index in [2.05, 4.69) is 0 Å². The molecule has 0 saturated carbocycles. The monoisotopic (exact) mass is 150 g/mol. The third kappa shape index (κ3) is 1.99. The van der Waals surface area contributed by atoms with Gasteiger partial charge < -0.3 is 4.55 Å². The summed E-state index contributed by atoms with van der Waals surface area (Å²) in [4.78, 5) is 0.609. The molecule has 9 heavy (non-hydrogen) atoms. The van der Waals surface area contributed by atoms with Crippen molar-refractivity contribution in [1.82, 2.24) is 0 Å². The highest BCUT2D eigenvalue weighted by Gasteiger charge is 2.08. The summed E-state index contributed by atoms with van der Waals surface area (Å²) in [7, 11) is -2.65. The molecule has 0 aliphatic rings. The van der Waals surface area contributed by atoms with Crippen LogP contribution in [0, 0.1) is 0 Å². The molecule has 0 rings (SSSR count). The van der Waals surface area contributed by atoms with Gasteiger partial charge in [-0.1, -0.05) is 0 Å². The van der Waals surface area contributed by atoms with E-state index in [4.69, 9.17) is 4.55 Å². The molecule has 0 heterocycles. The normalized spacial score (nSPS) is 17.6. The fraction of sp³-hybridized carbons (Fsp3) is 0.833. The number of hydrogen-bond donors (Lipinski definition) is 1. The van der Waals surface area contributed by atoms with Crippen LogP contribution in [-0.4, -0.2) is 18.9 Å². The Hall–Kier alpha value is -0.0200. The predicted octanol–water partition coefficient (Wildman–Crippen LogP) is 1.36. The predicted molar refractivity (Wildman–Crippen MR) is 42.3 cm³/mol. The van der Waals surface area contributed by atoms with Crippen LogP contribution in [0.5, 0.6) is 0 Å². The van der Waals surface area contributed by atoms with Crippen molar-refractivity contribution in [3.05, 3.63) is 0 Å². The average molecular weight is 150 g/mol. The van der Waals surface area contributed by atoms with Crippen molar-refractivity contribution in [3.8, 4) is 0 Å². The van der Waals surface area contributed by atoms with E-state index in [1.165, 1.54) is 0 Å². The van der Waals surface area contributed by atoms with E-state index in [9.17, 15) is 4.21 Å². The van der Waals surface area contributed by atoms with Gasteiger partial charge in [-0.15, -0.1) is 0 Å². The van der Waals surface area contributed by atoms with E-state index < -0.39 is 9.80 Å². The van der Waals surface area contributed by atoms with E-state index in [1.807, 2.05) is 0 Å². The largest absolute Gasteiger partial charge is 0.313 e. The van der Waals surface area contributed by atoms with E-state index in [0.717, 1.165) is 0 Å². The summed E-state index contributed by atoms with van der Waals surface area (Å²) in [5.41, 5.74) is 0. The molecule has 0 saturated heterocycles. The molecule has 1 unspecified atom stereocenters. The lowest BCUT2D eigenvalue weighted by atomic mass is 10.6. The highest BCUT2D eigenvalue weighted by Crippen LogP contribution is 1.99. The standard InChI is InChI=1S/C6H14O2S/c1-5(2)9(7,8)6(3)4/h5H,1-4H3,(H,7,8). The SMILES string of the molecule is CC(C)=S(=O)(O)C(C)C. The molecule has 0 spiro atoms. The fourth-order valence-electron chi connectivity index (χ4n) is 0.471. The molecule has 0 aromatic heterocycles. The molecular formula is C6H14O2S. The van der Waals surface area contributed by atoms with Crippen LogP contribution in [0.25, 0.3) is 0 Å². The minimum absolute atomic E-state index is 0.164. The quantitative estimate of drug-likeness (QED) is 0.573. The molecule has 0 bridgehead atoms. The van der Waals surface area contributed by atoms with E-state index in [1.54, 1.807) is 27.7 Å². The van der Waals surface area contributed by atoms with Crippen LogP contribution in [0.1, 0.15) is 27.7 Å². The minimum atomic E-state index is -2.65. The molecule has 3 heteroatoms. The van der Waals surface area contributed by atoms with Gasteiger partial charge in [0, 0.05) is 10.1 Å². The first kappa shape index (κ1) is 8.98. The first-order chi connectivity index (χ1) is 3.89. The van der Waals surface area contributed by atoms with Gasteiger partial charge in [-0.25, -0.2) is 4.21 Å². The maximum atomic E-state index is 11.1. The van der Waals surface area contributed by atoms with Gasteiger partial charge in [0.1, 0.15) is 0 Å². The molecule has 1 atom stereocenters. The molecule has 0 fully saturated rings. The number of hydrogen-bond acceptors (Lipinski definition) is 1. The summed E-state index contributed by atoms with van der Waals surface area (Å²) in [6.07, 6.45) is 0. The maximum Gasteiger partial charge on any atom is 0.0825 e. The van der Waals surface area contributed by atoms with E-state index >= 15 is 0 Å². The summed E-state index contributed by atoms with van der Waals surface area (Å²) >= 11 is 0. The summed E-state index contributed by atoms with van der Waals surface area (Å²) in [6, 6.07) is 0. The van der Waals surface area contributed by atoms with Crippen molar-refractivity contribution in [2.24, 2.45) is 0 Å². The molecule has 0 amide bonds. The van der Waals surface area contributed by atoms with Crippen LogP contribution >= 0.6 is 0 Å². The molecule has 56 valence electrons. The maximum absolute atomic E-state index is 11.1. The number of rotatable bonds is 1. The lowest BCUT2D eigenvalue weighted by molar-refractivity contribution is 0.549. The second-order valence-corrected chi connectivity index (χ2v) is 5.42. The van der Waals surface area contributed by atoms with Gasteiger partial charge in [-0.2, -0.15) is 0 Å². The molecule has 1 N–H and O–H groups in total. The Bertz CT molecular complexity index is 193. The van der Waals surface area contributed by atoms with Gasteiger partial charge in [-0.3, -0.25) is 0 Å². The Morgan fingerprint density at radius 3 is 1.78 bits per heavy atom. The molecular weight excluding hydrogens is 136 g/mol. The third-order valence-electron chi connectivity index (χ3n) is 1.22. The highest BCUT2D eigenvalue weighted by atomic mass is 32.2. The lowest BCUT2D eigenvalue weighted by Crippen LogP contribution is -2.18. The van der Waals surface area contributed by atoms with Gasteiger partial charge in [0.25, 0.3) is 0 Å². The second kappa shape index (κ2) is 2.71. The zero-order valence-electron chi connectivity index (χ0n) is 6.34. The first-order valence-electron chi connectivity index (χ1n) is 2.94. The van der Waals surface area contributed by atoms with Crippen molar-refractivity contribution in [1.29, 1.82) is 0 Å². The van der Waals surface area contributed by atoms with Crippen LogP contribution in [0.2, 0.25) is 0 Å². The third-order valence-corrected chi connectivity index (χ3v) is 3.67. The van der Waals surface area contributed by atoms with Crippen molar-refractivity contribution < 1.29 is 8.76 Å². The summed E-state index contributed by atoms with van der Waals surface area (Å²) in [5, 5.41) is -0.164. The van der Waals surface area contributed by atoms with Crippen molar-refractivity contribution in [2.45, 2.75) is 32.9 Å². The highest BCUT2D eigenvalue weighted by molar-refractivity contribution is 7.97. The summed E-state index contributed by atoms with van der Waals surface area (Å²) in [5.74, 6) is 0. The van der Waals surface area contributed by atoms with Crippen molar-refractivity contribution in [3.63, 3.8) is 0 Å². The van der Waals surface area contributed by atoms with Crippen LogP contribution < -0.4 is 0 Å². The Balaban J connectivity index is 4.84. The van der Waals surface area contributed by atoms with Gasteiger partial charge in [0.05, 0.1) is 9.80 Å². The summed E-state index contributed by atoms with van der Waals surface area (Å²) < 4.78 is 20.3. The van der Waals surface area contributed by atoms with Crippen LogP contribution in [-0.2, 0) is 9.80 Å². The van der Waals surface area contributed by atoms with Crippen molar-refractivity contribution in [2.75, 3.05) is 0 Å². The van der Waals surface area contributed by atoms with Crippen LogP contribution in [0.4, 0.5) is 0 Å². The zero-order valence-corrected chi connectivity index (χ0v) is 7.16. The van der Waals surface area contributed by atoms with E-state index in [0.29, 0.717) is 4.86 Å². The summed E-state index contributed by atoms with van der Waals surface area (Å²) in [6.45, 7) is 6.86. The minimum Gasteiger partial charge on any atom is -0.313 e. The van der Waals surface area contributed by atoms with E-state index in [-0.39, 0.29) is 5.25 Å². The topological polar surface area (TPSA) is 37.3 Å². The molecule has 0 radical (unpaired) electrons. The van der Waals surface area contributed by atoms with Gasteiger partial charge >= 0.3 is 0 Å². The smallest absolute Gasteiger partial charge is 0.0825 e. The molecule has 0 aliphatic carbocycles. The zero-order chi connectivity index (χ0) is 7.65. The Morgan fingerprint density at radius 1 is 1.44 bits per heavy atom. The molecule has 0 aliphatic heterocycles. The molecule has 0 aromatic rings. The molecule has 0 aromatic carbocycles. The Kier molecular flexibility index (Phi) is 2.70. The average Bonchev–Trinajstić information content (AvgIpc) is 1.65. The second-order valence-electron chi connectivity index (χ2n) is 2.53. The van der Waals surface area contributed by atoms with Gasteiger partial charge in [0.15, 0.2) is 0 Å². The van der Waals surface area contributed by atoms with Gasteiger partial charge in [-0.05, 0) is 27.7 Å². The van der Waals surface area contributed by atoms with Gasteiger partial charge in [0.2, 0.25) is 0 Å². The lowest BCUT2D eigenvalue weighted by Gasteiger charge is -2.08. The first-order valence-corrected chi connectivity index (χ1v) is 4.52. The van der Waals surface area contributed by atoms with Crippen LogP contribution in [0.15, 0.2) is 0 Å². The Morgan fingerprint density at radius 2 is 1.78 bits per heavy atom. The van der Waals surface area contributed by atoms with Crippen LogP contribution in [0.3, 0.4) is 0 Å². The molecule has 2 nitrogen and oxygen atoms in total. The Labute approximate surface area is 57.1 Å². The van der Waals surface area contributed by atoms with Crippen molar-refractivity contribution >= 4 is 14.7 Å². The fourth-order valence-corrected chi connectivity index (χ4v) is 1.41.